The summed E-state index contributed by atoms with van der Waals surface area (Å²) in [6, 6.07) is 7.06. The van der Waals surface area contributed by atoms with Gasteiger partial charge in [-0.05, 0) is 12.1 Å². The average Bonchev–Trinajstić information content (AvgIpc) is 2.47. The summed E-state index contributed by atoms with van der Waals surface area (Å²) in [5.41, 5.74) is 0.776. The van der Waals surface area contributed by atoms with Gasteiger partial charge in [-0.25, -0.2) is 9.97 Å². The molecule has 0 spiro atoms. The van der Waals surface area contributed by atoms with E-state index in [9.17, 15) is 4.79 Å². The molecule has 1 amide bonds. The number of hydrogen-bond acceptors (Lipinski definition) is 4. The normalized spacial score (nSPS) is 10.5. The highest BCUT2D eigenvalue weighted by Crippen LogP contribution is 2.20. The van der Waals surface area contributed by atoms with Crippen LogP contribution < -0.4 is 10.1 Å². The van der Waals surface area contributed by atoms with E-state index in [1.807, 2.05) is 13.8 Å². The second-order valence-electron chi connectivity index (χ2n) is 4.77. The topological polar surface area (TPSA) is 64.1 Å². The zero-order valence-corrected chi connectivity index (χ0v) is 12.8. The Hall–Kier alpha value is -2.14. The SMILES string of the molecule is COc1cccc(NC(=O)c2nc(C(C)C)ncc2Cl)c1. The van der Waals surface area contributed by atoms with Gasteiger partial charge in [0.25, 0.3) is 5.91 Å². The average molecular weight is 306 g/mol. The van der Waals surface area contributed by atoms with Crippen LogP contribution in [0.1, 0.15) is 36.1 Å². The maximum absolute atomic E-state index is 12.3. The highest BCUT2D eigenvalue weighted by molar-refractivity contribution is 6.33. The smallest absolute Gasteiger partial charge is 0.275 e. The lowest BCUT2D eigenvalue weighted by Gasteiger charge is -2.09. The first-order valence-corrected chi connectivity index (χ1v) is 6.87. The van der Waals surface area contributed by atoms with E-state index < -0.39 is 0 Å². The van der Waals surface area contributed by atoms with Crippen LogP contribution >= 0.6 is 11.6 Å². The monoisotopic (exact) mass is 305 g/mol. The van der Waals surface area contributed by atoms with Crippen molar-refractivity contribution in [2.75, 3.05) is 12.4 Å². The molecule has 0 bridgehead atoms. The number of aromatic nitrogens is 2. The van der Waals surface area contributed by atoms with E-state index in [1.54, 1.807) is 31.4 Å². The Bertz CT molecular complexity index is 659. The molecule has 0 aliphatic rings. The van der Waals surface area contributed by atoms with Crippen molar-refractivity contribution in [1.29, 1.82) is 0 Å². The number of benzene rings is 1. The van der Waals surface area contributed by atoms with Crippen molar-refractivity contribution in [3.8, 4) is 5.75 Å². The third-order valence-electron chi connectivity index (χ3n) is 2.82. The van der Waals surface area contributed by atoms with E-state index in [4.69, 9.17) is 16.3 Å². The lowest BCUT2D eigenvalue weighted by Crippen LogP contribution is -2.16. The summed E-state index contributed by atoms with van der Waals surface area (Å²) >= 11 is 6.01. The third kappa shape index (κ3) is 3.70. The second-order valence-corrected chi connectivity index (χ2v) is 5.17. The molecule has 0 aliphatic carbocycles. The van der Waals surface area contributed by atoms with Crippen LogP contribution in [0, 0.1) is 0 Å². The van der Waals surface area contributed by atoms with Gasteiger partial charge in [0.05, 0.1) is 18.3 Å². The maximum atomic E-state index is 12.3. The molecule has 1 aromatic heterocycles. The van der Waals surface area contributed by atoms with Crippen LogP contribution in [0.25, 0.3) is 0 Å². The Morgan fingerprint density at radius 1 is 1.38 bits per heavy atom. The van der Waals surface area contributed by atoms with E-state index in [1.165, 1.54) is 6.20 Å². The van der Waals surface area contributed by atoms with Crippen molar-refractivity contribution in [3.63, 3.8) is 0 Å². The minimum atomic E-state index is -0.377. The molecule has 0 saturated heterocycles. The Morgan fingerprint density at radius 2 is 2.14 bits per heavy atom. The highest BCUT2D eigenvalue weighted by atomic mass is 35.5. The van der Waals surface area contributed by atoms with Gasteiger partial charge >= 0.3 is 0 Å². The molecule has 0 unspecified atom stereocenters. The fraction of sp³-hybridized carbons (Fsp3) is 0.267. The van der Waals surface area contributed by atoms with Crippen molar-refractivity contribution in [3.05, 3.63) is 47.0 Å². The summed E-state index contributed by atoms with van der Waals surface area (Å²) in [5, 5.41) is 2.97. The molecule has 1 aromatic carbocycles. The van der Waals surface area contributed by atoms with Crippen LogP contribution in [0.2, 0.25) is 5.02 Å². The number of amides is 1. The van der Waals surface area contributed by atoms with Crippen molar-refractivity contribution in [2.45, 2.75) is 19.8 Å². The van der Waals surface area contributed by atoms with Gasteiger partial charge in [-0.2, -0.15) is 0 Å². The van der Waals surface area contributed by atoms with Gasteiger partial charge in [-0.15, -0.1) is 0 Å². The number of carbonyl (C=O) groups is 1. The van der Waals surface area contributed by atoms with Gasteiger partial charge < -0.3 is 10.1 Å². The largest absolute Gasteiger partial charge is 0.497 e. The molecule has 0 fully saturated rings. The lowest BCUT2D eigenvalue weighted by molar-refractivity contribution is 0.102. The molecular formula is C15H16ClN3O2. The molecule has 1 N–H and O–H groups in total. The Balaban J connectivity index is 2.25. The minimum Gasteiger partial charge on any atom is -0.497 e. The van der Waals surface area contributed by atoms with Crippen LogP contribution in [0.4, 0.5) is 5.69 Å². The third-order valence-corrected chi connectivity index (χ3v) is 3.10. The summed E-state index contributed by atoms with van der Waals surface area (Å²) in [5.74, 6) is 0.975. The van der Waals surface area contributed by atoms with E-state index >= 15 is 0 Å². The van der Waals surface area contributed by atoms with Gasteiger partial charge in [0, 0.05) is 17.7 Å². The quantitative estimate of drug-likeness (QED) is 0.938. The molecule has 0 saturated carbocycles. The Kier molecular flexibility index (Phi) is 4.75. The predicted molar refractivity (Wildman–Crippen MR) is 82.1 cm³/mol. The predicted octanol–water partition coefficient (Wildman–Crippen LogP) is 3.51. The number of nitrogens with zero attached hydrogens (tertiary/aromatic N) is 2. The van der Waals surface area contributed by atoms with Crippen LogP contribution in [0.5, 0.6) is 5.75 Å². The van der Waals surface area contributed by atoms with Gasteiger partial charge in [-0.1, -0.05) is 31.5 Å². The fourth-order valence-corrected chi connectivity index (χ4v) is 1.89. The molecule has 1 heterocycles. The van der Waals surface area contributed by atoms with Gasteiger partial charge in [0.1, 0.15) is 11.6 Å². The molecule has 5 nitrogen and oxygen atoms in total. The lowest BCUT2D eigenvalue weighted by atomic mass is 10.2. The molecule has 0 aliphatic heterocycles. The number of nitrogens with one attached hydrogen (secondary N) is 1. The first kappa shape index (κ1) is 15.3. The molecule has 2 rings (SSSR count). The summed E-state index contributed by atoms with van der Waals surface area (Å²) < 4.78 is 5.11. The van der Waals surface area contributed by atoms with Gasteiger partial charge in [-0.3, -0.25) is 4.79 Å². The van der Waals surface area contributed by atoms with Crippen molar-refractivity contribution < 1.29 is 9.53 Å². The maximum Gasteiger partial charge on any atom is 0.275 e. The standard InChI is InChI=1S/C15H16ClN3O2/c1-9(2)14-17-8-12(16)13(19-14)15(20)18-10-5-4-6-11(7-10)21-3/h4-9H,1-3H3,(H,18,20). The Morgan fingerprint density at radius 3 is 2.81 bits per heavy atom. The van der Waals surface area contributed by atoms with Crippen molar-refractivity contribution in [1.82, 2.24) is 9.97 Å². The summed E-state index contributed by atoms with van der Waals surface area (Å²) in [6.45, 7) is 3.90. The molecule has 2 aromatic rings. The van der Waals surface area contributed by atoms with E-state index in [2.05, 4.69) is 15.3 Å². The highest BCUT2D eigenvalue weighted by Gasteiger charge is 2.15. The van der Waals surface area contributed by atoms with Crippen molar-refractivity contribution in [2.24, 2.45) is 0 Å². The molecule has 21 heavy (non-hydrogen) atoms. The van der Waals surface area contributed by atoms with E-state index in [0.29, 0.717) is 17.3 Å². The van der Waals surface area contributed by atoms with Crippen LogP contribution in [-0.2, 0) is 0 Å². The van der Waals surface area contributed by atoms with Crippen LogP contribution in [0.3, 0.4) is 0 Å². The molecular weight excluding hydrogens is 290 g/mol. The van der Waals surface area contributed by atoms with Crippen LogP contribution in [-0.4, -0.2) is 23.0 Å². The number of halogens is 1. The number of methoxy groups -OCH3 is 1. The number of hydrogen-bond donors (Lipinski definition) is 1. The number of rotatable bonds is 4. The second kappa shape index (κ2) is 6.54. The van der Waals surface area contributed by atoms with Crippen LogP contribution in [0.15, 0.2) is 30.5 Å². The van der Waals surface area contributed by atoms with Gasteiger partial charge in [0.15, 0.2) is 5.69 Å². The Labute approximate surface area is 128 Å². The zero-order chi connectivity index (χ0) is 15.4. The van der Waals surface area contributed by atoms with E-state index in [0.717, 1.165) is 0 Å². The molecule has 0 atom stereocenters. The number of ether oxygens (including phenoxy) is 1. The number of anilines is 1. The van der Waals surface area contributed by atoms with Crippen molar-refractivity contribution >= 4 is 23.2 Å². The molecule has 6 heteroatoms. The first-order chi connectivity index (χ1) is 10.0. The fourth-order valence-electron chi connectivity index (χ4n) is 1.71. The summed E-state index contributed by atoms with van der Waals surface area (Å²) in [6.07, 6.45) is 1.45. The first-order valence-electron chi connectivity index (χ1n) is 6.49. The summed E-state index contributed by atoms with van der Waals surface area (Å²) in [4.78, 5) is 20.6. The minimum absolute atomic E-state index is 0.116. The molecule has 110 valence electrons. The van der Waals surface area contributed by atoms with E-state index in [-0.39, 0.29) is 22.5 Å². The molecule has 0 radical (unpaired) electrons. The van der Waals surface area contributed by atoms with Gasteiger partial charge in [0.2, 0.25) is 0 Å². The summed E-state index contributed by atoms with van der Waals surface area (Å²) in [7, 11) is 1.57. The zero-order valence-electron chi connectivity index (χ0n) is 12.1. The number of carbonyl (C=O) groups excluding carboxylic acids is 1.